The van der Waals surface area contributed by atoms with Crippen molar-refractivity contribution in [3.05, 3.63) is 52.4 Å². The Morgan fingerprint density at radius 1 is 1.16 bits per heavy atom. The van der Waals surface area contributed by atoms with Crippen LogP contribution in [0.5, 0.6) is 5.75 Å². The van der Waals surface area contributed by atoms with E-state index in [1.807, 2.05) is 38.1 Å². The fourth-order valence-electron chi connectivity index (χ4n) is 3.91. The van der Waals surface area contributed by atoms with Gasteiger partial charge in [-0.15, -0.1) is 0 Å². The number of hydrogen-bond donors (Lipinski definition) is 0. The van der Waals surface area contributed by atoms with Crippen LogP contribution in [0.3, 0.4) is 0 Å². The molecule has 0 fully saturated rings. The van der Waals surface area contributed by atoms with Crippen molar-refractivity contribution in [2.75, 3.05) is 27.2 Å². The minimum atomic E-state index is -0.551. The highest BCUT2D eigenvalue weighted by Gasteiger charge is 2.26. The molecule has 0 spiro atoms. The number of methoxy groups -OCH3 is 1. The number of rotatable bonds is 6. The second kappa shape index (κ2) is 9.34. The first-order valence-corrected chi connectivity index (χ1v) is 10.5. The number of pyridine rings is 1. The van der Waals surface area contributed by atoms with E-state index >= 15 is 0 Å². The van der Waals surface area contributed by atoms with Crippen LogP contribution in [0, 0.1) is 13.8 Å². The highest BCUT2D eigenvalue weighted by atomic mass is 35.5. The number of halogens is 2. The molecule has 0 amide bonds. The van der Waals surface area contributed by atoms with Crippen LogP contribution < -0.4 is 4.74 Å². The molecule has 2 aromatic heterocycles. The second-order valence-corrected chi connectivity index (χ2v) is 7.98. The molecule has 4 rings (SSSR count). The molecule has 3 heterocycles. The summed E-state index contributed by atoms with van der Waals surface area (Å²) in [6.07, 6.45) is 0.130. The molecule has 6 nitrogen and oxygen atoms in total. The minimum Gasteiger partial charge on any atom is -0.466 e. The Kier molecular flexibility index (Phi) is 6.55. The summed E-state index contributed by atoms with van der Waals surface area (Å²) in [4.78, 5) is 9.47. The summed E-state index contributed by atoms with van der Waals surface area (Å²) in [5.74, 6) is 1.25. The molecule has 0 saturated carbocycles. The van der Waals surface area contributed by atoms with E-state index in [4.69, 9.17) is 30.8 Å². The van der Waals surface area contributed by atoms with Gasteiger partial charge in [0.05, 0.1) is 23.9 Å². The van der Waals surface area contributed by atoms with Crippen LogP contribution in [0.1, 0.15) is 17.1 Å². The van der Waals surface area contributed by atoms with Gasteiger partial charge in [-0.1, -0.05) is 11.6 Å². The number of alkyl halides is 1. The molecule has 1 aromatic carbocycles. The third-order valence-corrected chi connectivity index (χ3v) is 5.50. The monoisotopic (exact) mass is 445 g/mol. The van der Waals surface area contributed by atoms with E-state index in [-0.39, 0.29) is 6.79 Å². The first-order chi connectivity index (χ1) is 15.0. The van der Waals surface area contributed by atoms with Crippen LogP contribution in [0.25, 0.3) is 22.6 Å². The number of imidazole rings is 1. The SMILES string of the molecule is COCOc1ccc(-c2nc(-c3cc(C)nc(C)c3)c3n2C[C@@H](CF)OCC3)cc1Cl. The summed E-state index contributed by atoms with van der Waals surface area (Å²) < 4.78 is 31.7. The van der Waals surface area contributed by atoms with E-state index in [9.17, 15) is 4.39 Å². The molecule has 0 radical (unpaired) electrons. The predicted molar refractivity (Wildman–Crippen MR) is 117 cm³/mol. The van der Waals surface area contributed by atoms with E-state index in [1.165, 1.54) is 0 Å². The van der Waals surface area contributed by atoms with Gasteiger partial charge in [-0.3, -0.25) is 4.98 Å². The molecule has 31 heavy (non-hydrogen) atoms. The van der Waals surface area contributed by atoms with Crippen LogP contribution in [-0.4, -0.2) is 47.8 Å². The lowest BCUT2D eigenvalue weighted by Gasteiger charge is -2.14. The summed E-state index contributed by atoms with van der Waals surface area (Å²) >= 11 is 6.44. The number of aromatic nitrogens is 3. The summed E-state index contributed by atoms with van der Waals surface area (Å²) in [5, 5.41) is 0.455. The molecule has 0 aliphatic carbocycles. The molecule has 0 unspecified atom stereocenters. The number of benzene rings is 1. The van der Waals surface area contributed by atoms with E-state index in [0.717, 1.165) is 39.7 Å². The Morgan fingerprint density at radius 2 is 1.94 bits per heavy atom. The quantitative estimate of drug-likeness (QED) is 0.511. The molecular weight excluding hydrogens is 421 g/mol. The van der Waals surface area contributed by atoms with Crippen molar-refractivity contribution in [2.45, 2.75) is 32.9 Å². The zero-order valence-corrected chi connectivity index (χ0v) is 18.6. The van der Waals surface area contributed by atoms with Crippen LogP contribution >= 0.6 is 11.6 Å². The fourth-order valence-corrected chi connectivity index (χ4v) is 4.15. The first-order valence-electron chi connectivity index (χ1n) is 10.1. The molecule has 0 saturated heterocycles. The summed E-state index contributed by atoms with van der Waals surface area (Å²) in [7, 11) is 1.55. The lowest BCUT2D eigenvalue weighted by molar-refractivity contribution is 0.0355. The zero-order valence-electron chi connectivity index (χ0n) is 17.8. The van der Waals surface area contributed by atoms with Gasteiger partial charge in [0, 0.05) is 41.7 Å². The molecule has 1 aliphatic heterocycles. The Labute approximate surface area is 185 Å². The number of hydrogen-bond acceptors (Lipinski definition) is 5. The van der Waals surface area contributed by atoms with E-state index in [0.29, 0.717) is 30.3 Å². The van der Waals surface area contributed by atoms with Gasteiger partial charge in [-0.2, -0.15) is 0 Å². The van der Waals surface area contributed by atoms with Gasteiger partial charge in [0.2, 0.25) is 0 Å². The summed E-state index contributed by atoms with van der Waals surface area (Å²) in [6.45, 7) is 4.32. The van der Waals surface area contributed by atoms with Gasteiger partial charge >= 0.3 is 0 Å². The molecule has 1 atom stereocenters. The Hall–Kier alpha value is -2.48. The van der Waals surface area contributed by atoms with Crippen LogP contribution in [0.15, 0.2) is 30.3 Å². The Balaban J connectivity index is 1.84. The average Bonchev–Trinajstić information content (AvgIpc) is 2.95. The molecule has 0 bridgehead atoms. The van der Waals surface area contributed by atoms with Gasteiger partial charge in [0.15, 0.2) is 6.79 Å². The number of nitrogens with zero attached hydrogens (tertiary/aromatic N) is 3. The van der Waals surface area contributed by atoms with Gasteiger partial charge in [-0.25, -0.2) is 9.37 Å². The average molecular weight is 446 g/mol. The molecule has 0 N–H and O–H groups in total. The van der Waals surface area contributed by atoms with Crippen molar-refractivity contribution in [2.24, 2.45) is 0 Å². The van der Waals surface area contributed by atoms with Gasteiger partial charge in [-0.05, 0) is 44.2 Å². The first kappa shape index (κ1) is 21.7. The second-order valence-electron chi connectivity index (χ2n) is 7.57. The molecular formula is C23H25ClFN3O3. The van der Waals surface area contributed by atoms with Crippen LogP contribution in [0.4, 0.5) is 4.39 Å². The predicted octanol–water partition coefficient (Wildman–Crippen LogP) is 4.78. The number of fused-ring (bicyclic) bond motifs is 1. The van der Waals surface area contributed by atoms with Crippen molar-refractivity contribution < 1.29 is 18.6 Å². The molecule has 8 heteroatoms. The van der Waals surface area contributed by atoms with E-state index in [1.54, 1.807) is 13.2 Å². The standard InChI is InChI=1S/C23H25ClFN3O3/c1-14-8-17(9-15(2)26-14)22-20-6-7-30-18(11-25)12-28(20)23(27-22)16-4-5-21(19(24)10-16)31-13-29-3/h4-5,8-10,18H,6-7,11-13H2,1-3H3/t18-/m1/s1. The Bertz CT molecular complexity index is 1070. The van der Waals surface area contributed by atoms with Crippen molar-refractivity contribution in [1.82, 2.24) is 14.5 Å². The van der Waals surface area contributed by atoms with Crippen molar-refractivity contribution in [3.63, 3.8) is 0 Å². The number of ether oxygens (including phenoxy) is 3. The smallest absolute Gasteiger partial charge is 0.188 e. The Morgan fingerprint density at radius 3 is 2.61 bits per heavy atom. The fraction of sp³-hybridized carbons (Fsp3) is 0.391. The highest BCUT2D eigenvalue weighted by Crippen LogP contribution is 2.35. The molecule has 164 valence electrons. The van der Waals surface area contributed by atoms with Crippen molar-refractivity contribution in [1.29, 1.82) is 0 Å². The molecule has 1 aliphatic rings. The normalized spacial score (nSPS) is 16.1. The molecule has 3 aromatic rings. The lowest BCUT2D eigenvalue weighted by atomic mass is 10.1. The maximum Gasteiger partial charge on any atom is 0.188 e. The third kappa shape index (κ3) is 4.59. The van der Waals surface area contributed by atoms with E-state index in [2.05, 4.69) is 9.55 Å². The van der Waals surface area contributed by atoms with Gasteiger partial charge in [0.25, 0.3) is 0 Å². The van der Waals surface area contributed by atoms with Gasteiger partial charge in [0.1, 0.15) is 24.4 Å². The highest BCUT2D eigenvalue weighted by molar-refractivity contribution is 6.32. The zero-order chi connectivity index (χ0) is 22.0. The van der Waals surface area contributed by atoms with Crippen molar-refractivity contribution in [3.8, 4) is 28.4 Å². The van der Waals surface area contributed by atoms with Crippen molar-refractivity contribution >= 4 is 11.6 Å². The third-order valence-electron chi connectivity index (χ3n) is 5.20. The largest absolute Gasteiger partial charge is 0.466 e. The van der Waals surface area contributed by atoms with E-state index < -0.39 is 12.8 Å². The number of aryl methyl sites for hydroxylation is 2. The van der Waals surface area contributed by atoms with Crippen LogP contribution in [0.2, 0.25) is 5.02 Å². The minimum absolute atomic E-state index is 0.109. The van der Waals surface area contributed by atoms with Crippen LogP contribution in [-0.2, 0) is 22.4 Å². The topological polar surface area (TPSA) is 58.4 Å². The summed E-state index contributed by atoms with van der Waals surface area (Å²) in [5.41, 5.74) is 5.54. The van der Waals surface area contributed by atoms with Gasteiger partial charge < -0.3 is 18.8 Å². The summed E-state index contributed by atoms with van der Waals surface area (Å²) in [6, 6.07) is 9.54. The lowest BCUT2D eigenvalue weighted by Crippen LogP contribution is -2.21. The maximum atomic E-state index is 13.5. The maximum absolute atomic E-state index is 13.5.